The van der Waals surface area contributed by atoms with Crippen molar-refractivity contribution in [2.45, 2.75) is 13.3 Å². The minimum Gasteiger partial charge on any atom is -0.300 e. The van der Waals surface area contributed by atoms with E-state index >= 15 is 0 Å². The summed E-state index contributed by atoms with van der Waals surface area (Å²) in [7, 11) is 0. The first kappa shape index (κ1) is 16.6. The lowest BCUT2D eigenvalue weighted by molar-refractivity contribution is -0.115. The predicted molar refractivity (Wildman–Crippen MR) is 111 cm³/mol. The Bertz CT molecular complexity index is 1030. The van der Waals surface area contributed by atoms with Crippen molar-refractivity contribution >= 4 is 45.4 Å². The molecule has 26 heavy (non-hydrogen) atoms. The molecule has 0 unspecified atom stereocenters. The Morgan fingerprint density at radius 3 is 2.58 bits per heavy atom. The molecule has 3 aromatic rings. The van der Waals surface area contributed by atoms with E-state index in [0.29, 0.717) is 10.1 Å². The quantitative estimate of drug-likeness (QED) is 0.646. The highest BCUT2D eigenvalue weighted by Crippen LogP contribution is 2.31. The molecule has 1 amide bonds. The first-order valence-corrected chi connectivity index (χ1v) is 9.41. The van der Waals surface area contributed by atoms with Gasteiger partial charge in [-0.3, -0.25) is 4.79 Å². The molecule has 3 aromatic carbocycles. The lowest BCUT2D eigenvalue weighted by atomic mass is 10.1. The fourth-order valence-corrected chi connectivity index (χ4v) is 3.73. The second-order valence-electron chi connectivity index (χ2n) is 6.08. The number of benzene rings is 3. The van der Waals surface area contributed by atoms with Gasteiger partial charge in [-0.1, -0.05) is 67.6 Å². The molecule has 0 spiro atoms. The number of aliphatic imine (C=N–C) groups is 1. The van der Waals surface area contributed by atoms with Crippen molar-refractivity contribution in [3.63, 3.8) is 0 Å². The van der Waals surface area contributed by atoms with Crippen LogP contribution in [0.1, 0.15) is 18.1 Å². The number of thioether (sulfide) groups is 1. The number of amidine groups is 1. The van der Waals surface area contributed by atoms with Crippen molar-refractivity contribution in [1.29, 1.82) is 0 Å². The number of hydrogen-bond donors (Lipinski definition) is 1. The topological polar surface area (TPSA) is 41.5 Å². The van der Waals surface area contributed by atoms with Crippen LogP contribution in [0.5, 0.6) is 0 Å². The van der Waals surface area contributed by atoms with Gasteiger partial charge >= 0.3 is 0 Å². The van der Waals surface area contributed by atoms with Crippen LogP contribution in [0.15, 0.2) is 76.6 Å². The van der Waals surface area contributed by atoms with Crippen molar-refractivity contribution in [1.82, 2.24) is 5.32 Å². The molecule has 1 N–H and O–H groups in total. The molecule has 1 fully saturated rings. The van der Waals surface area contributed by atoms with Gasteiger partial charge in [0.05, 0.1) is 10.6 Å². The molecular formula is C22H18N2OS. The van der Waals surface area contributed by atoms with Gasteiger partial charge in [0.1, 0.15) is 0 Å². The van der Waals surface area contributed by atoms with Crippen LogP contribution < -0.4 is 5.32 Å². The van der Waals surface area contributed by atoms with Gasteiger partial charge in [0.2, 0.25) is 0 Å². The van der Waals surface area contributed by atoms with Gasteiger partial charge in [-0.25, -0.2) is 4.99 Å². The van der Waals surface area contributed by atoms with Gasteiger partial charge in [0, 0.05) is 5.39 Å². The maximum Gasteiger partial charge on any atom is 0.264 e. The van der Waals surface area contributed by atoms with Crippen molar-refractivity contribution in [2.24, 2.45) is 4.99 Å². The Labute approximate surface area is 156 Å². The van der Waals surface area contributed by atoms with Crippen LogP contribution in [-0.4, -0.2) is 11.1 Å². The van der Waals surface area contributed by atoms with E-state index in [1.165, 1.54) is 17.3 Å². The Morgan fingerprint density at radius 1 is 1.00 bits per heavy atom. The summed E-state index contributed by atoms with van der Waals surface area (Å²) in [6, 6.07) is 22.4. The highest BCUT2D eigenvalue weighted by atomic mass is 32.2. The maximum atomic E-state index is 12.3. The molecule has 1 saturated heterocycles. The number of nitrogens with one attached hydrogen (secondary N) is 1. The summed E-state index contributed by atoms with van der Waals surface area (Å²) in [5, 5.41) is 5.69. The average Bonchev–Trinajstić information content (AvgIpc) is 3.01. The molecule has 128 valence electrons. The second-order valence-corrected chi connectivity index (χ2v) is 7.11. The molecule has 0 aromatic heterocycles. The number of carbonyl (C=O) groups excluding carboxylic acids is 1. The molecule has 0 atom stereocenters. The molecule has 3 nitrogen and oxygen atoms in total. The van der Waals surface area contributed by atoms with E-state index in [0.717, 1.165) is 28.4 Å². The molecule has 1 heterocycles. The Balaban J connectivity index is 1.62. The molecular weight excluding hydrogens is 340 g/mol. The zero-order valence-corrected chi connectivity index (χ0v) is 15.2. The first-order chi connectivity index (χ1) is 12.7. The van der Waals surface area contributed by atoms with Crippen LogP contribution in [0.4, 0.5) is 5.69 Å². The number of fused-ring (bicyclic) bond motifs is 1. The highest BCUT2D eigenvalue weighted by Gasteiger charge is 2.23. The highest BCUT2D eigenvalue weighted by molar-refractivity contribution is 8.18. The average molecular weight is 358 g/mol. The Hall–Kier alpha value is -2.85. The number of hydrogen-bond acceptors (Lipinski definition) is 3. The number of amides is 1. The van der Waals surface area contributed by atoms with E-state index in [9.17, 15) is 4.79 Å². The van der Waals surface area contributed by atoms with E-state index < -0.39 is 0 Å². The third-order valence-corrected chi connectivity index (χ3v) is 5.24. The summed E-state index contributed by atoms with van der Waals surface area (Å²) < 4.78 is 0. The van der Waals surface area contributed by atoms with Crippen molar-refractivity contribution in [3.05, 3.63) is 82.8 Å². The molecule has 4 heteroatoms. The van der Waals surface area contributed by atoms with Gasteiger partial charge in [-0.05, 0) is 46.8 Å². The molecule has 0 aliphatic carbocycles. The molecule has 0 radical (unpaired) electrons. The van der Waals surface area contributed by atoms with E-state index in [2.05, 4.69) is 41.5 Å². The Morgan fingerprint density at radius 2 is 1.77 bits per heavy atom. The van der Waals surface area contributed by atoms with Gasteiger partial charge in [0.25, 0.3) is 5.91 Å². The second kappa shape index (κ2) is 7.18. The van der Waals surface area contributed by atoms with Crippen LogP contribution in [0.3, 0.4) is 0 Å². The standard InChI is InChI=1S/C22H18N2OS/c1-2-15-10-12-16(13-11-15)14-20-21(25)24-22(26-20)23-19-9-5-7-17-6-3-4-8-18(17)19/h3-14H,2H2,1H3,(H,23,24,25). The normalized spacial score (nSPS) is 17.2. The summed E-state index contributed by atoms with van der Waals surface area (Å²) in [6.45, 7) is 2.13. The fraction of sp³-hybridized carbons (Fsp3) is 0.0909. The van der Waals surface area contributed by atoms with Gasteiger partial charge in [-0.15, -0.1) is 0 Å². The SMILES string of the molecule is CCc1ccc(C=C2SC(=Nc3cccc4ccccc34)NC2=O)cc1. The maximum absolute atomic E-state index is 12.3. The van der Waals surface area contributed by atoms with Crippen LogP contribution >= 0.6 is 11.8 Å². The smallest absolute Gasteiger partial charge is 0.264 e. The summed E-state index contributed by atoms with van der Waals surface area (Å²) in [4.78, 5) is 17.6. The third-order valence-electron chi connectivity index (χ3n) is 4.33. The number of carbonyl (C=O) groups is 1. The van der Waals surface area contributed by atoms with E-state index in [4.69, 9.17) is 0 Å². The summed E-state index contributed by atoms with van der Waals surface area (Å²) in [5.74, 6) is -0.103. The summed E-state index contributed by atoms with van der Waals surface area (Å²) in [6.07, 6.45) is 2.92. The third kappa shape index (κ3) is 3.41. The fourth-order valence-electron chi connectivity index (χ4n) is 2.90. The van der Waals surface area contributed by atoms with Crippen molar-refractivity contribution in [3.8, 4) is 0 Å². The van der Waals surface area contributed by atoms with E-state index in [1.807, 2.05) is 48.5 Å². The molecule has 1 aliphatic rings. The molecule has 1 aliphatic heterocycles. The minimum absolute atomic E-state index is 0.103. The predicted octanol–water partition coefficient (Wildman–Crippen LogP) is 5.29. The Kier molecular flexibility index (Phi) is 4.59. The zero-order chi connectivity index (χ0) is 17.9. The molecule has 4 rings (SSSR count). The van der Waals surface area contributed by atoms with Crippen LogP contribution in [0.25, 0.3) is 16.8 Å². The monoisotopic (exact) mass is 358 g/mol. The van der Waals surface area contributed by atoms with E-state index in [-0.39, 0.29) is 5.91 Å². The summed E-state index contributed by atoms with van der Waals surface area (Å²) in [5.41, 5.74) is 3.17. The van der Waals surface area contributed by atoms with E-state index in [1.54, 1.807) is 0 Å². The number of aryl methyl sites for hydroxylation is 1. The van der Waals surface area contributed by atoms with Gasteiger partial charge in [-0.2, -0.15) is 0 Å². The zero-order valence-electron chi connectivity index (χ0n) is 14.4. The minimum atomic E-state index is -0.103. The van der Waals surface area contributed by atoms with Crippen LogP contribution in [-0.2, 0) is 11.2 Å². The van der Waals surface area contributed by atoms with Gasteiger partial charge in [0.15, 0.2) is 5.17 Å². The number of rotatable bonds is 3. The largest absolute Gasteiger partial charge is 0.300 e. The van der Waals surface area contributed by atoms with Crippen LogP contribution in [0.2, 0.25) is 0 Å². The van der Waals surface area contributed by atoms with Crippen molar-refractivity contribution in [2.75, 3.05) is 0 Å². The van der Waals surface area contributed by atoms with Crippen molar-refractivity contribution < 1.29 is 4.79 Å². The summed E-state index contributed by atoms with van der Waals surface area (Å²) >= 11 is 1.38. The van der Waals surface area contributed by atoms with Crippen LogP contribution in [0, 0.1) is 0 Å². The molecule has 0 saturated carbocycles. The van der Waals surface area contributed by atoms with Gasteiger partial charge < -0.3 is 5.32 Å². The molecule has 0 bridgehead atoms. The first-order valence-electron chi connectivity index (χ1n) is 8.59. The number of nitrogens with zero attached hydrogens (tertiary/aromatic N) is 1. The lowest BCUT2D eigenvalue weighted by Crippen LogP contribution is -2.19. The lowest BCUT2D eigenvalue weighted by Gasteiger charge is -2.02.